The van der Waals surface area contributed by atoms with Crippen molar-refractivity contribution in [2.24, 2.45) is 5.92 Å². The van der Waals surface area contributed by atoms with Crippen molar-refractivity contribution in [2.45, 2.75) is 20.3 Å². The molecule has 0 fully saturated rings. The second kappa shape index (κ2) is 9.08. The zero-order valence-electron chi connectivity index (χ0n) is 15.9. The Balaban J connectivity index is 1.65. The average molecular weight is 378 g/mol. The first kappa shape index (κ1) is 19.5. The molecule has 0 saturated heterocycles. The molecule has 0 unspecified atom stereocenters. The summed E-state index contributed by atoms with van der Waals surface area (Å²) in [7, 11) is 0. The Morgan fingerprint density at radius 1 is 1.04 bits per heavy atom. The minimum atomic E-state index is -0.300. The van der Waals surface area contributed by atoms with Crippen LogP contribution in [0.5, 0.6) is 0 Å². The lowest BCUT2D eigenvalue weighted by molar-refractivity contribution is 0.0952. The van der Waals surface area contributed by atoms with Crippen molar-refractivity contribution in [3.05, 3.63) is 72.2 Å². The number of nitrogens with zero attached hydrogens (tertiary/aromatic N) is 2. The molecule has 1 amide bonds. The van der Waals surface area contributed by atoms with Crippen LogP contribution in [-0.4, -0.2) is 22.4 Å². The maximum Gasteiger partial charge on any atom is 0.251 e. The van der Waals surface area contributed by atoms with Crippen LogP contribution in [0.1, 0.15) is 30.6 Å². The molecule has 3 aromatic rings. The molecular formula is C22H23FN4O. The molecular weight excluding hydrogens is 355 g/mol. The van der Waals surface area contributed by atoms with Crippen LogP contribution in [-0.2, 0) is 0 Å². The van der Waals surface area contributed by atoms with Crippen LogP contribution < -0.4 is 10.6 Å². The fourth-order valence-electron chi connectivity index (χ4n) is 2.60. The lowest BCUT2D eigenvalue weighted by atomic mass is 10.1. The normalized spacial score (nSPS) is 10.7. The lowest BCUT2D eigenvalue weighted by Gasteiger charge is -2.09. The van der Waals surface area contributed by atoms with Gasteiger partial charge in [0, 0.05) is 29.6 Å². The van der Waals surface area contributed by atoms with Gasteiger partial charge in [0.2, 0.25) is 0 Å². The van der Waals surface area contributed by atoms with Gasteiger partial charge in [-0.05, 0) is 66.9 Å². The SMILES string of the molecule is CC(C)CCNC(=O)c1ccc(Nc2ccnc(-c3ccc(F)cc3)n2)cc1. The molecule has 0 atom stereocenters. The van der Waals surface area contributed by atoms with E-state index in [1.54, 1.807) is 36.5 Å². The van der Waals surface area contributed by atoms with E-state index < -0.39 is 0 Å². The van der Waals surface area contributed by atoms with E-state index in [1.165, 1.54) is 12.1 Å². The van der Waals surface area contributed by atoms with Gasteiger partial charge in [0.25, 0.3) is 5.91 Å². The van der Waals surface area contributed by atoms with Gasteiger partial charge in [0.05, 0.1) is 0 Å². The first-order valence-electron chi connectivity index (χ1n) is 9.25. The second-order valence-corrected chi connectivity index (χ2v) is 6.91. The van der Waals surface area contributed by atoms with Gasteiger partial charge in [-0.1, -0.05) is 13.8 Å². The van der Waals surface area contributed by atoms with E-state index in [9.17, 15) is 9.18 Å². The highest BCUT2D eigenvalue weighted by molar-refractivity contribution is 5.94. The zero-order chi connectivity index (χ0) is 19.9. The van der Waals surface area contributed by atoms with Crippen LogP contribution in [0.3, 0.4) is 0 Å². The summed E-state index contributed by atoms with van der Waals surface area (Å²) in [6.07, 6.45) is 2.60. The van der Waals surface area contributed by atoms with Gasteiger partial charge in [0.15, 0.2) is 5.82 Å². The largest absolute Gasteiger partial charge is 0.352 e. The van der Waals surface area contributed by atoms with Crippen LogP contribution in [0, 0.1) is 11.7 Å². The fourth-order valence-corrected chi connectivity index (χ4v) is 2.60. The molecule has 2 N–H and O–H groups in total. The number of nitrogens with one attached hydrogen (secondary N) is 2. The van der Waals surface area contributed by atoms with Gasteiger partial charge in [-0.2, -0.15) is 0 Å². The molecule has 0 aliphatic heterocycles. The quantitative estimate of drug-likeness (QED) is 0.620. The monoisotopic (exact) mass is 378 g/mol. The summed E-state index contributed by atoms with van der Waals surface area (Å²) in [5.41, 5.74) is 2.16. The molecule has 28 heavy (non-hydrogen) atoms. The van der Waals surface area contributed by atoms with E-state index in [-0.39, 0.29) is 11.7 Å². The van der Waals surface area contributed by atoms with E-state index in [0.29, 0.717) is 29.7 Å². The molecule has 0 radical (unpaired) electrons. The summed E-state index contributed by atoms with van der Waals surface area (Å²) < 4.78 is 13.1. The maximum absolute atomic E-state index is 13.1. The topological polar surface area (TPSA) is 66.9 Å². The van der Waals surface area contributed by atoms with Crippen molar-refractivity contribution in [1.29, 1.82) is 0 Å². The van der Waals surface area contributed by atoms with Crippen LogP contribution in [0.25, 0.3) is 11.4 Å². The first-order valence-corrected chi connectivity index (χ1v) is 9.25. The minimum absolute atomic E-state index is 0.0761. The Morgan fingerprint density at radius 3 is 2.43 bits per heavy atom. The van der Waals surface area contributed by atoms with Crippen molar-refractivity contribution in [3.8, 4) is 11.4 Å². The molecule has 0 saturated carbocycles. The molecule has 1 aromatic heterocycles. The second-order valence-electron chi connectivity index (χ2n) is 6.91. The average Bonchev–Trinajstić information content (AvgIpc) is 2.69. The first-order chi connectivity index (χ1) is 13.5. The number of aromatic nitrogens is 2. The van der Waals surface area contributed by atoms with E-state index >= 15 is 0 Å². The van der Waals surface area contributed by atoms with Crippen molar-refractivity contribution < 1.29 is 9.18 Å². The highest BCUT2D eigenvalue weighted by atomic mass is 19.1. The maximum atomic E-state index is 13.1. The molecule has 144 valence electrons. The summed E-state index contributed by atoms with van der Waals surface area (Å²) in [6.45, 7) is 4.92. The Labute approximate surface area is 164 Å². The number of anilines is 2. The van der Waals surface area contributed by atoms with Gasteiger partial charge < -0.3 is 10.6 Å². The van der Waals surface area contributed by atoms with E-state index in [4.69, 9.17) is 0 Å². The highest BCUT2D eigenvalue weighted by Crippen LogP contribution is 2.19. The fraction of sp³-hybridized carbons (Fsp3) is 0.227. The Bertz CT molecular complexity index is 924. The van der Waals surface area contributed by atoms with E-state index in [1.807, 2.05) is 12.1 Å². The Hall–Kier alpha value is -3.28. The standard InChI is InChI=1S/C22H23FN4O/c1-15(2)11-13-25-22(28)17-5-9-19(10-6-17)26-20-12-14-24-21(27-20)16-3-7-18(23)8-4-16/h3-10,12,14-15H,11,13H2,1-2H3,(H,25,28)(H,24,26,27). The molecule has 0 bridgehead atoms. The third-order valence-electron chi connectivity index (χ3n) is 4.18. The van der Waals surface area contributed by atoms with Gasteiger partial charge in [-0.15, -0.1) is 0 Å². The molecule has 0 spiro atoms. The van der Waals surface area contributed by atoms with Crippen LogP contribution in [0.2, 0.25) is 0 Å². The van der Waals surface area contributed by atoms with Crippen molar-refractivity contribution in [1.82, 2.24) is 15.3 Å². The molecule has 2 aromatic carbocycles. The molecule has 3 rings (SSSR count). The summed E-state index contributed by atoms with van der Waals surface area (Å²) in [6, 6.07) is 15.0. The Kier molecular flexibility index (Phi) is 6.32. The van der Waals surface area contributed by atoms with Gasteiger partial charge in [-0.25, -0.2) is 14.4 Å². The van der Waals surface area contributed by atoms with Crippen molar-refractivity contribution in [2.75, 3.05) is 11.9 Å². The number of rotatable bonds is 7. The third-order valence-corrected chi connectivity index (χ3v) is 4.18. The van der Waals surface area contributed by atoms with Crippen LogP contribution in [0.15, 0.2) is 60.8 Å². The predicted octanol–water partition coefficient (Wildman–Crippen LogP) is 4.80. The Morgan fingerprint density at radius 2 is 1.75 bits per heavy atom. The van der Waals surface area contributed by atoms with E-state index in [0.717, 1.165) is 17.7 Å². The third kappa shape index (κ3) is 5.36. The molecule has 6 heteroatoms. The number of benzene rings is 2. The van der Waals surface area contributed by atoms with Crippen LogP contribution >= 0.6 is 0 Å². The minimum Gasteiger partial charge on any atom is -0.352 e. The number of hydrogen-bond acceptors (Lipinski definition) is 4. The van der Waals surface area contributed by atoms with Crippen molar-refractivity contribution in [3.63, 3.8) is 0 Å². The predicted molar refractivity (Wildman–Crippen MR) is 109 cm³/mol. The lowest BCUT2D eigenvalue weighted by Crippen LogP contribution is -2.25. The number of hydrogen-bond donors (Lipinski definition) is 2. The molecule has 5 nitrogen and oxygen atoms in total. The smallest absolute Gasteiger partial charge is 0.251 e. The number of halogens is 1. The number of carbonyl (C=O) groups is 1. The summed E-state index contributed by atoms with van der Waals surface area (Å²) >= 11 is 0. The van der Waals surface area contributed by atoms with E-state index in [2.05, 4.69) is 34.4 Å². The van der Waals surface area contributed by atoms with Gasteiger partial charge in [-0.3, -0.25) is 4.79 Å². The molecule has 0 aliphatic rings. The van der Waals surface area contributed by atoms with Gasteiger partial charge in [0.1, 0.15) is 11.6 Å². The summed E-state index contributed by atoms with van der Waals surface area (Å²) in [5, 5.41) is 6.12. The zero-order valence-corrected chi connectivity index (χ0v) is 15.9. The van der Waals surface area contributed by atoms with Gasteiger partial charge >= 0.3 is 0 Å². The van der Waals surface area contributed by atoms with Crippen molar-refractivity contribution >= 4 is 17.4 Å². The molecule has 1 heterocycles. The highest BCUT2D eigenvalue weighted by Gasteiger charge is 2.07. The number of amides is 1. The summed E-state index contributed by atoms with van der Waals surface area (Å²) in [5.74, 6) is 1.30. The summed E-state index contributed by atoms with van der Waals surface area (Å²) in [4.78, 5) is 20.8. The number of carbonyl (C=O) groups excluding carboxylic acids is 1. The van der Waals surface area contributed by atoms with Crippen LogP contribution in [0.4, 0.5) is 15.9 Å². The molecule has 0 aliphatic carbocycles.